The Morgan fingerprint density at radius 1 is 1.12 bits per heavy atom. The maximum Gasteiger partial charge on any atom is 0.269 e. The summed E-state index contributed by atoms with van der Waals surface area (Å²) in [5.74, 6) is -1.72. The van der Waals surface area contributed by atoms with Crippen LogP contribution in [0.15, 0.2) is 71.2 Å². The molecule has 1 aliphatic heterocycles. The van der Waals surface area contributed by atoms with Gasteiger partial charge in [0.05, 0.1) is 9.83 Å². The van der Waals surface area contributed by atoms with Crippen molar-refractivity contribution in [2.45, 2.75) is 6.92 Å². The molecule has 168 valence electrons. The number of hydrazine groups is 1. The highest BCUT2D eigenvalue weighted by atomic mass is 32.2. The lowest BCUT2D eigenvalue weighted by molar-refractivity contribution is -0.384. The molecule has 0 saturated carbocycles. The summed E-state index contributed by atoms with van der Waals surface area (Å²) in [6.07, 6.45) is 3.63. The first-order valence-corrected chi connectivity index (χ1v) is 10.8. The average molecular weight is 483 g/mol. The van der Waals surface area contributed by atoms with Crippen LogP contribution in [-0.4, -0.2) is 38.4 Å². The van der Waals surface area contributed by atoms with Crippen LogP contribution in [0, 0.1) is 10.1 Å². The molecular formula is C22H18N4O5S2. The quantitative estimate of drug-likeness (QED) is 0.281. The highest BCUT2D eigenvalue weighted by molar-refractivity contribution is 8.26. The number of benzene rings is 2. The number of nitro benzene ring substituents is 1. The van der Waals surface area contributed by atoms with Gasteiger partial charge in [0.25, 0.3) is 23.4 Å². The SMILES string of the molecule is CC(/C=C1\SC(=S)N(CC(=O)NNC(=O)c2ccc([N+](=O)[O-])cc2)C1=O)=C\c1ccccc1. The van der Waals surface area contributed by atoms with Gasteiger partial charge in [-0.1, -0.05) is 60.4 Å². The topological polar surface area (TPSA) is 122 Å². The summed E-state index contributed by atoms with van der Waals surface area (Å²) in [6, 6.07) is 14.5. The number of carbonyl (C=O) groups excluding carboxylic acids is 3. The first-order valence-electron chi connectivity index (χ1n) is 9.57. The van der Waals surface area contributed by atoms with Gasteiger partial charge in [-0.3, -0.25) is 40.2 Å². The average Bonchev–Trinajstić information content (AvgIpc) is 3.05. The van der Waals surface area contributed by atoms with Gasteiger partial charge in [-0.15, -0.1) is 0 Å². The van der Waals surface area contributed by atoms with E-state index in [1.165, 1.54) is 24.3 Å². The summed E-state index contributed by atoms with van der Waals surface area (Å²) < 4.78 is 0.232. The fraction of sp³-hybridized carbons (Fsp3) is 0.0909. The van der Waals surface area contributed by atoms with Gasteiger partial charge in [-0.25, -0.2) is 0 Å². The van der Waals surface area contributed by atoms with Crippen LogP contribution in [0.4, 0.5) is 5.69 Å². The fourth-order valence-electron chi connectivity index (χ4n) is 2.81. The van der Waals surface area contributed by atoms with Crippen LogP contribution in [0.1, 0.15) is 22.8 Å². The molecule has 0 unspecified atom stereocenters. The minimum absolute atomic E-state index is 0.120. The summed E-state index contributed by atoms with van der Waals surface area (Å²) in [5, 5.41) is 10.7. The summed E-state index contributed by atoms with van der Waals surface area (Å²) in [6.45, 7) is 1.49. The fourth-order valence-corrected chi connectivity index (χ4v) is 4.12. The second kappa shape index (κ2) is 10.7. The minimum atomic E-state index is -0.662. The molecule has 1 heterocycles. The first-order chi connectivity index (χ1) is 15.7. The number of nitro groups is 1. The molecule has 3 rings (SSSR count). The van der Waals surface area contributed by atoms with E-state index >= 15 is 0 Å². The van der Waals surface area contributed by atoms with Gasteiger partial charge in [0.15, 0.2) is 0 Å². The lowest BCUT2D eigenvalue weighted by Crippen LogP contribution is -2.47. The Morgan fingerprint density at radius 3 is 2.42 bits per heavy atom. The van der Waals surface area contributed by atoms with Crippen LogP contribution >= 0.6 is 24.0 Å². The summed E-state index contributed by atoms with van der Waals surface area (Å²) in [7, 11) is 0. The molecule has 0 aliphatic carbocycles. The highest BCUT2D eigenvalue weighted by Crippen LogP contribution is 2.31. The number of non-ortho nitro benzene ring substituents is 1. The highest BCUT2D eigenvalue weighted by Gasteiger charge is 2.33. The van der Waals surface area contributed by atoms with E-state index in [-0.39, 0.29) is 22.1 Å². The van der Waals surface area contributed by atoms with E-state index in [1.54, 1.807) is 6.08 Å². The van der Waals surface area contributed by atoms with Crippen LogP contribution in [0.3, 0.4) is 0 Å². The first kappa shape index (κ1) is 23.8. The van der Waals surface area contributed by atoms with E-state index in [0.717, 1.165) is 27.8 Å². The summed E-state index contributed by atoms with van der Waals surface area (Å²) >= 11 is 6.32. The number of carbonyl (C=O) groups is 3. The molecule has 0 bridgehead atoms. The smallest absolute Gasteiger partial charge is 0.269 e. The Morgan fingerprint density at radius 2 is 1.79 bits per heavy atom. The molecule has 0 spiro atoms. The van der Waals surface area contributed by atoms with Gasteiger partial charge >= 0.3 is 0 Å². The van der Waals surface area contributed by atoms with Gasteiger partial charge in [0.1, 0.15) is 10.9 Å². The van der Waals surface area contributed by atoms with Gasteiger partial charge < -0.3 is 0 Å². The normalized spacial score (nSPS) is 15.0. The maximum atomic E-state index is 12.7. The van der Waals surface area contributed by atoms with Gasteiger partial charge in [-0.05, 0) is 36.3 Å². The largest absolute Gasteiger partial charge is 0.283 e. The molecule has 0 radical (unpaired) electrons. The van der Waals surface area contributed by atoms with Crippen LogP contribution in [0.25, 0.3) is 6.08 Å². The maximum absolute atomic E-state index is 12.7. The van der Waals surface area contributed by atoms with E-state index in [9.17, 15) is 24.5 Å². The molecule has 2 N–H and O–H groups in total. The van der Waals surface area contributed by atoms with Crippen molar-refractivity contribution in [2.75, 3.05) is 6.54 Å². The Balaban J connectivity index is 1.56. The molecule has 3 amide bonds. The number of nitrogens with one attached hydrogen (secondary N) is 2. The van der Waals surface area contributed by atoms with Crippen molar-refractivity contribution >= 4 is 57.8 Å². The Labute approximate surface area is 198 Å². The third-order valence-corrected chi connectivity index (χ3v) is 5.76. The number of hydrogen-bond donors (Lipinski definition) is 2. The van der Waals surface area contributed by atoms with Crippen molar-refractivity contribution in [1.82, 2.24) is 15.8 Å². The van der Waals surface area contributed by atoms with E-state index in [1.807, 2.05) is 43.3 Å². The number of nitrogens with zero attached hydrogens (tertiary/aromatic N) is 2. The molecule has 33 heavy (non-hydrogen) atoms. The molecular weight excluding hydrogens is 464 g/mol. The van der Waals surface area contributed by atoms with Gasteiger partial charge in [0, 0.05) is 17.7 Å². The van der Waals surface area contributed by atoms with E-state index in [4.69, 9.17) is 12.2 Å². The number of rotatable bonds is 6. The van der Waals surface area contributed by atoms with Crippen LogP contribution in [0.2, 0.25) is 0 Å². The van der Waals surface area contributed by atoms with Crippen molar-refractivity contribution in [3.05, 3.63) is 92.4 Å². The zero-order chi connectivity index (χ0) is 24.0. The molecule has 2 aromatic carbocycles. The van der Waals surface area contributed by atoms with Gasteiger partial charge in [0.2, 0.25) is 0 Å². The molecule has 2 aromatic rings. The van der Waals surface area contributed by atoms with Crippen molar-refractivity contribution in [2.24, 2.45) is 0 Å². The number of allylic oxidation sites excluding steroid dienone is 2. The molecule has 11 heteroatoms. The van der Waals surface area contributed by atoms with Crippen molar-refractivity contribution < 1.29 is 19.3 Å². The number of thiocarbonyl (C=S) groups is 1. The Bertz CT molecular complexity index is 1180. The zero-order valence-corrected chi connectivity index (χ0v) is 18.9. The van der Waals surface area contributed by atoms with Crippen LogP contribution < -0.4 is 10.9 Å². The van der Waals surface area contributed by atoms with Crippen molar-refractivity contribution in [3.63, 3.8) is 0 Å². The van der Waals surface area contributed by atoms with E-state index < -0.39 is 22.6 Å². The standard InChI is InChI=1S/C22H18N4O5S2/c1-14(11-15-5-3-2-4-6-15)12-18-21(29)25(22(32)33-18)13-19(27)23-24-20(28)16-7-9-17(10-8-16)26(30)31/h2-12H,13H2,1H3,(H,23,27)(H,24,28)/b14-11+,18-12-. The molecule has 1 aliphatic rings. The second-order valence-corrected chi connectivity index (χ2v) is 8.55. The Kier molecular flexibility index (Phi) is 7.70. The van der Waals surface area contributed by atoms with Crippen molar-refractivity contribution in [1.29, 1.82) is 0 Å². The predicted molar refractivity (Wildman–Crippen MR) is 129 cm³/mol. The third-order valence-electron chi connectivity index (χ3n) is 4.38. The van der Waals surface area contributed by atoms with Crippen LogP contribution in [0.5, 0.6) is 0 Å². The number of thioether (sulfide) groups is 1. The van der Waals surface area contributed by atoms with Gasteiger partial charge in [-0.2, -0.15) is 0 Å². The number of amides is 3. The lowest BCUT2D eigenvalue weighted by atomic mass is 10.1. The molecule has 0 atom stereocenters. The second-order valence-electron chi connectivity index (χ2n) is 6.87. The molecule has 9 nitrogen and oxygen atoms in total. The summed E-state index contributed by atoms with van der Waals surface area (Å²) in [5.41, 5.74) is 6.21. The summed E-state index contributed by atoms with van der Waals surface area (Å²) in [4.78, 5) is 48.6. The third kappa shape index (κ3) is 6.34. The zero-order valence-electron chi connectivity index (χ0n) is 17.3. The van der Waals surface area contributed by atoms with E-state index in [0.29, 0.717) is 4.91 Å². The monoisotopic (exact) mass is 482 g/mol. The predicted octanol–water partition coefficient (Wildman–Crippen LogP) is 3.20. The molecule has 1 saturated heterocycles. The molecule has 1 fully saturated rings. The molecule has 0 aromatic heterocycles. The van der Waals surface area contributed by atoms with Crippen LogP contribution in [-0.2, 0) is 9.59 Å². The minimum Gasteiger partial charge on any atom is -0.283 e. The lowest BCUT2D eigenvalue weighted by Gasteiger charge is -2.14. The Hall–Kier alpha value is -3.83. The van der Waals surface area contributed by atoms with E-state index in [2.05, 4.69) is 10.9 Å². The number of hydrogen-bond acceptors (Lipinski definition) is 7. The van der Waals surface area contributed by atoms with Crippen molar-refractivity contribution in [3.8, 4) is 0 Å².